The van der Waals surface area contributed by atoms with Gasteiger partial charge in [0.05, 0.1) is 0 Å². The van der Waals surface area contributed by atoms with Crippen molar-refractivity contribution in [3.8, 4) is 0 Å². The van der Waals surface area contributed by atoms with E-state index in [1.807, 2.05) is 0 Å². The number of hydrogen-bond donors (Lipinski definition) is 0. The van der Waals surface area contributed by atoms with Crippen molar-refractivity contribution in [3.05, 3.63) is 12.2 Å². The van der Waals surface area contributed by atoms with E-state index in [0.717, 1.165) is 17.8 Å². The van der Waals surface area contributed by atoms with E-state index in [0.29, 0.717) is 0 Å². The molecule has 0 heterocycles. The van der Waals surface area contributed by atoms with E-state index >= 15 is 0 Å². The predicted octanol–water partition coefficient (Wildman–Crippen LogP) is 4.42. The molecule has 0 bridgehead atoms. The molecule has 1 saturated carbocycles. The molecule has 0 nitrogen and oxygen atoms in total. The van der Waals surface area contributed by atoms with Crippen LogP contribution in [0.3, 0.4) is 0 Å². The normalized spacial score (nSPS) is 34.5. The van der Waals surface area contributed by atoms with Gasteiger partial charge in [0.2, 0.25) is 0 Å². The lowest BCUT2D eigenvalue weighted by molar-refractivity contribution is 0.204. The summed E-state index contributed by atoms with van der Waals surface area (Å²) >= 11 is 0. The molecule has 3 unspecified atom stereocenters. The fraction of sp³-hybridized carbons (Fsp3) is 0.846. The zero-order chi connectivity index (χ0) is 9.84. The Balaban J connectivity index is 2.55. The van der Waals surface area contributed by atoms with Crippen LogP contribution < -0.4 is 0 Å². The van der Waals surface area contributed by atoms with Gasteiger partial charge in [-0.15, -0.1) is 0 Å². The Hall–Kier alpha value is -0.260. The Labute approximate surface area is 83.4 Å². The van der Waals surface area contributed by atoms with Gasteiger partial charge in [-0.2, -0.15) is 0 Å². The Morgan fingerprint density at radius 1 is 1.38 bits per heavy atom. The van der Waals surface area contributed by atoms with Gasteiger partial charge in [0.25, 0.3) is 0 Å². The molecule has 1 aliphatic carbocycles. The summed E-state index contributed by atoms with van der Waals surface area (Å²) in [7, 11) is 0. The van der Waals surface area contributed by atoms with Gasteiger partial charge in [0.1, 0.15) is 0 Å². The molecule has 0 aromatic rings. The largest absolute Gasteiger partial charge is 0.0999 e. The molecule has 3 atom stereocenters. The molecule has 76 valence electrons. The Bertz CT molecular complexity index is 169. The summed E-state index contributed by atoms with van der Waals surface area (Å²) in [5.74, 6) is 2.72. The summed E-state index contributed by atoms with van der Waals surface area (Å²) in [4.78, 5) is 0. The highest BCUT2D eigenvalue weighted by Gasteiger charge is 2.27. The Morgan fingerprint density at radius 2 is 2.08 bits per heavy atom. The zero-order valence-corrected chi connectivity index (χ0v) is 9.47. The van der Waals surface area contributed by atoms with Crippen molar-refractivity contribution in [3.63, 3.8) is 0 Å². The number of rotatable bonds is 3. The maximum Gasteiger partial charge on any atom is -0.0180 e. The summed E-state index contributed by atoms with van der Waals surface area (Å²) in [5, 5.41) is 0. The van der Waals surface area contributed by atoms with E-state index < -0.39 is 0 Å². The fourth-order valence-electron chi connectivity index (χ4n) is 2.84. The Kier molecular flexibility index (Phi) is 4.02. The quantitative estimate of drug-likeness (QED) is 0.564. The van der Waals surface area contributed by atoms with Crippen LogP contribution in [0.5, 0.6) is 0 Å². The van der Waals surface area contributed by atoms with Gasteiger partial charge in [-0.25, -0.2) is 0 Å². The third-order valence-electron chi connectivity index (χ3n) is 3.54. The van der Waals surface area contributed by atoms with Crippen LogP contribution in [0.2, 0.25) is 0 Å². The van der Waals surface area contributed by atoms with Gasteiger partial charge >= 0.3 is 0 Å². The van der Waals surface area contributed by atoms with Gasteiger partial charge in [-0.1, -0.05) is 45.3 Å². The molecule has 1 fully saturated rings. The van der Waals surface area contributed by atoms with Crippen LogP contribution in [0, 0.1) is 17.8 Å². The summed E-state index contributed by atoms with van der Waals surface area (Å²) < 4.78 is 0. The third-order valence-corrected chi connectivity index (χ3v) is 3.54. The molecule has 0 saturated heterocycles. The molecule has 0 spiro atoms. The highest BCUT2D eigenvalue weighted by atomic mass is 14.3. The average molecular weight is 180 g/mol. The minimum Gasteiger partial charge on any atom is -0.0999 e. The maximum absolute atomic E-state index is 4.14. The first-order valence-corrected chi connectivity index (χ1v) is 5.80. The van der Waals surface area contributed by atoms with Crippen molar-refractivity contribution >= 4 is 0 Å². The second-order valence-corrected chi connectivity index (χ2v) is 4.92. The molecule has 0 amide bonds. The standard InChI is InChI=1S/C13H24/c1-5-6-12-9-11(4)7-8-13(12)10(2)3/h11-13H,2,5-9H2,1,3-4H3. The topological polar surface area (TPSA) is 0 Å². The highest BCUT2D eigenvalue weighted by molar-refractivity contribution is 5.01. The third kappa shape index (κ3) is 2.86. The lowest BCUT2D eigenvalue weighted by Crippen LogP contribution is -2.24. The molecule has 0 heteroatoms. The van der Waals surface area contributed by atoms with Gasteiger partial charge < -0.3 is 0 Å². The van der Waals surface area contributed by atoms with E-state index in [4.69, 9.17) is 0 Å². The highest BCUT2D eigenvalue weighted by Crippen LogP contribution is 2.39. The van der Waals surface area contributed by atoms with Crippen LogP contribution in [0.1, 0.15) is 52.9 Å². The summed E-state index contributed by atoms with van der Waals surface area (Å²) in [6, 6.07) is 0. The van der Waals surface area contributed by atoms with Gasteiger partial charge in [-0.3, -0.25) is 0 Å². The smallest absolute Gasteiger partial charge is 0.0180 e. The van der Waals surface area contributed by atoms with Gasteiger partial charge in [-0.05, 0) is 37.5 Å². The van der Waals surface area contributed by atoms with Crippen molar-refractivity contribution in [1.82, 2.24) is 0 Å². The first-order valence-electron chi connectivity index (χ1n) is 5.80. The zero-order valence-electron chi connectivity index (χ0n) is 9.47. The summed E-state index contributed by atoms with van der Waals surface area (Å²) in [5.41, 5.74) is 1.42. The minimum absolute atomic E-state index is 0.830. The van der Waals surface area contributed by atoms with E-state index in [9.17, 15) is 0 Å². The Morgan fingerprint density at radius 3 is 2.62 bits per heavy atom. The monoisotopic (exact) mass is 180 g/mol. The van der Waals surface area contributed by atoms with Crippen LogP contribution in [0.25, 0.3) is 0 Å². The average Bonchev–Trinajstić information content (AvgIpc) is 2.04. The molecule has 0 aromatic carbocycles. The van der Waals surface area contributed by atoms with Crippen LogP contribution in [0.4, 0.5) is 0 Å². The summed E-state index contributed by atoms with van der Waals surface area (Å²) in [6.07, 6.45) is 6.98. The van der Waals surface area contributed by atoms with E-state index in [-0.39, 0.29) is 0 Å². The number of allylic oxidation sites excluding steroid dienone is 1. The fourth-order valence-corrected chi connectivity index (χ4v) is 2.84. The van der Waals surface area contributed by atoms with E-state index in [1.54, 1.807) is 0 Å². The molecule has 0 aromatic heterocycles. The molecule has 0 radical (unpaired) electrons. The maximum atomic E-state index is 4.14. The molecule has 1 aliphatic rings. The van der Waals surface area contributed by atoms with Crippen molar-refractivity contribution in [2.24, 2.45) is 17.8 Å². The van der Waals surface area contributed by atoms with Crippen LogP contribution in [-0.4, -0.2) is 0 Å². The van der Waals surface area contributed by atoms with Crippen molar-refractivity contribution in [1.29, 1.82) is 0 Å². The first kappa shape index (κ1) is 10.8. The summed E-state index contributed by atoms with van der Waals surface area (Å²) in [6.45, 7) is 11.0. The van der Waals surface area contributed by atoms with Crippen LogP contribution in [-0.2, 0) is 0 Å². The minimum atomic E-state index is 0.830. The second-order valence-electron chi connectivity index (χ2n) is 4.92. The lowest BCUT2D eigenvalue weighted by atomic mass is 9.70. The molecule has 0 aliphatic heterocycles. The molecular formula is C13H24. The number of hydrogen-bond acceptors (Lipinski definition) is 0. The molecule has 13 heavy (non-hydrogen) atoms. The van der Waals surface area contributed by atoms with Gasteiger partial charge in [0.15, 0.2) is 0 Å². The second kappa shape index (κ2) is 4.83. The predicted molar refractivity (Wildman–Crippen MR) is 59.7 cm³/mol. The molecule has 1 rings (SSSR count). The molecular weight excluding hydrogens is 156 g/mol. The van der Waals surface area contributed by atoms with E-state index in [1.165, 1.54) is 37.7 Å². The van der Waals surface area contributed by atoms with Crippen molar-refractivity contribution < 1.29 is 0 Å². The lowest BCUT2D eigenvalue weighted by Gasteiger charge is -2.35. The van der Waals surface area contributed by atoms with Crippen LogP contribution >= 0.6 is 0 Å². The van der Waals surface area contributed by atoms with Crippen LogP contribution in [0.15, 0.2) is 12.2 Å². The molecule has 0 N–H and O–H groups in total. The first-order chi connectivity index (χ1) is 6.15. The van der Waals surface area contributed by atoms with Crippen molar-refractivity contribution in [2.45, 2.75) is 52.9 Å². The van der Waals surface area contributed by atoms with E-state index in [2.05, 4.69) is 27.4 Å². The van der Waals surface area contributed by atoms with Gasteiger partial charge in [0, 0.05) is 0 Å². The SMILES string of the molecule is C=C(C)C1CCC(C)CC1CCC. The van der Waals surface area contributed by atoms with Crippen molar-refractivity contribution in [2.75, 3.05) is 0 Å².